The smallest absolute Gasteiger partial charge is 0.337 e. The van der Waals surface area contributed by atoms with Crippen molar-refractivity contribution in [2.45, 2.75) is 6.54 Å². The predicted octanol–water partition coefficient (Wildman–Crippen LogP) is 2.26. The lowest BCUT2D eigenvalue weighted by Crippen LogP contribution is -2.29. The zero-order valence-corrected chi connectivity index (χ0v) is 13.9. The molecule has 7 heteroatoms. The van der Waals surface area contributed by atoms with Gasteiger partial charge in [0.25, 0.3) is 0 Å². The average Bonchev–Trinajstić information content (AvgIpc) is 2.59. The van der Waals surface area contributed by atoms with E-state index in [1.165, 1.54) is 7.11 Å². The SMILES string of the molecule is COC(=O)c1cccc(NC(=O)NCc2cccnc2N(C)C)c1. The second kappa shape index (κ2) is 7.96. The number of esters is 1. The van der Waals surface area contributed by atoms with Gasteiger partial charge in [-0.05, 0) is 24.3 Å². The fraction of sp³-hybridized carbons (Fsp3) is 0.235. The van der Waals surface area contributed by atoms with Crippen molar-refractivity contribution >= 4 is 23.5 Å². The van der Waals surface area contributed by atoms with Crippen LogP contribution in [0.5, 0.6) is 0 Å². The summed E-state index contributed by atoms with van der Waals surface area (Å²) in [5.41, 5.74) is 1.79. The minimum atomic E-state index is -0.454. The van der Waals surface area contributed by atoms with Gasteiger partial charge in [-0.2, -0.15) is 0 Å². The Labute approximate surface area is 140 Å². The highest BCUT2D eigenvalue weighted by Crippen LogP contribution is 2.14. The lowest BCUT2D eigenvalue weighted by molar-refractivity contribution is 0.0600. The fourth-order valence-corrected chi connectivity index (χ4v) is 2.16. The number of nitrogens with zero attached hydrogens (tertiary/aromatic N) is 2. The standard InChI is InChI=1S/C17H20N4O3/c1-21(2)15-13(7-5-9-18-15)11-19-17(23)20-14-8-4-6-12(10-14)16(22)24-3/h4-10H,11H2,1-3H3,(H2,19,20,23). The number of pyridine rings is 1. The maximum absolute atomic E-state index is 12.0. The normalized spacial score (nSPS) is 9.96. The average molecular weight is 328 g/mol. The minimum absolute atomic E-state index is 0.337. The molecule has 2 rings (SSSR count). The number of carbonyl (C=O) groups is 2. The Kier molecular flexibility index (Phi) is 5.73. The van der Waals surface area contributed by atoms with Gasteiger partial charge in [-0.3, -0.25) is 0 Å². The van der Waals surface area contributed by atoms with E-state index in [4.69, 9.17) is 0 Å². The Morgan fingerprint density at radius 1 is 1.21 bits per heavy atom. The zero-order chi connectivity index (χ0) is 17.5. The van der Waals surface area contributed by atoms with E-state index in [2.05, 4.69) is 20.4 Å². The first-order valence-electron chi connectivity index (χ1n) is 7.35. The highest BCUT2D eigenvalue weighted by Gasteiger charge is 2.09. The third-order valence-corrected chi connectivity index (χ3v) is 3.27. The first-order chi connectivity index (χ1) is 11.5. The monoisotopic (exact) mass is 328 g/mol. The van der Waals surface area contributed by atoms with Gasteiger partial charge in [0.1, 0.15) is 5.82 Å². The number of ether oxygens (including phenoxy) is 1. The third-order valence-electron chi connectivity index (χ3n) is 3.27. The third kappa shape index (κ3) is 4.45. The largest absolute Gasteiger partial charge is 0.465 e. The Balaban J connectivity index is 1.98. The highest BCUT2D eigenvalue weighted by molar-refractivity contribution is 5.93. The van der Waals surface area contributed by atoms with Gasteiger partial charge in [0.15, 0.2) is 0 Å². The lowest BCUT2D eigenvalue weighted by Gasteiger charge is -2.16. The van der Waals surface area contributed by atoms with Crippen LogP contribution in [0, 0.1) is 0 Å². The van der Waals surface area contributed by atoms with Crippen molar-refractivity contribution in [3.8, 4) is 0 Å². The van der Waals surface area contributed by atoms with Crippen molar-refractivity contribution in [1.29, 1.82) is 0 Å². The van der Waals surface area contributed by atoms with E-state index in [1.807, 2.05) is 31.1 Å². The molecule has 2 N–H and O–H groups in total. The molecule has 0 saturated carbocycles. The Hall–Kier alpha value is -3.09. The molecule has 0 unspecified atom stereocenters. The second-order valence-electron chi connectivity index (χ2n) is 5.26. The van der Waals surface area contributed by atoms with Gasteiger partial charge in [-0.15, -0.1) is 0 Å². The summed E-state index contributed by atoms with van der Waals surface area (Å²) in [4.78, 5) is 29.7. The number of carbonyl (C=O) groups excluding carboxylic acids is 2. The molecule has 2 aromatic rings. The molecule has 0 aliphatic carbocycles. The van der Waals surface area contributed by atoms with Crippen LogP contribution in [-0.2, 0) is 11.3 Å². The van der Waals surface area contributed by atoms with Gasteiger partial charge in [0.2, 0.25) is 0 Å². The van der Waals surface area contributed by atoms with E-state index in [-0.39, 0.29) is 6.03 Å². The number of benzene rings is 1. The van der Waals surface area contributed by atoms with Crippen LogP contribution in [0.4, 0.5) is 16.3 Å². The molecule has 24 heavy (non-hydrogen) atoms. The maximum atomic E-state index is 12.0. The Bertz CT molecular complexity index is 731. The quantitative estimate of drug-likeness (QED) is 0.823. The predicted molar refractivity (Wildman–Crippen MR) is 92.2 cm³/mol. The maximum Gasteiger partial charge on any atom is 0.337 e. The van der Waals surface area contributed by atoms with E-state index >= 15 is 0 Å². The van der Waals surface area contributed by atoms with Crippen molar-refractivity contribution in [3.05, 3.63) is 53.7 Å². The summed E-state index contributed by atoms with van der Waals surface area (Å²) in [6.45, 7) is 0.337. The topological polar surface area (TPSA) is 83.6 Å². The van der Waals surface area contributed by atoms with E-state index in [0.29, 0.717) is 17.8 Å². The van der Waals surface area contributed by atoms with Gasteiger partial charge in [-0.1, -0.05) is 12.1 Å². The summed E-state index contributed by atoms with van der Waals surface area (Å²) < 4.78 is 4.66. The molecule has 0 saturated heterocycles. The molecule has 0 aliphatic rings. The first-order valence-corrected chi connectivity index (χ1v) is 7.35. The second-order valence-corrected chi connectivity index (χ2v) is 5.26. The molecule has 0 fully saturated rings. The molecule has 7 nitrogen and oxygen atoms in total. The molecule has 2 amide bonds. The zero-order valence-electron chi connectivity index (χ0n) is 13.9. The van der Waals surface area contributed by atoms with Crippen LogP contribution in [0.15, 0.2) is 42.6 Å². The summed E-state index contributed by atoms with van der Waals surface area (Å²) >= 11 is 0. The van der Waals surface area contributed by atoms with Crippen LogP contribution in [-0.4, -0.2) is 38.2 Å². The number of aromatic nitrogens is 1. The van der Waals surface area contributed by atoms with Crippen LogP contribution in [0.2, 0.25) is 0 Å². The number of hydrogen-bond donors (Lipinski definition) is 2. The molecule has 0 spiro atoms. The van der Waals surface area contributed by atoms with Crippen molar-refractivity contribution < 1.29 is 14.3 Å². The summed E-state index contributed by atoms with van der Waals surface area (Å²) in [5, 5.41) is 5.46. The van der Waals surface area contributed by atoms with E-state index in [1.54, 1.807) is 30.5 Å². The van der Waals surface area contributed by atoms with Crippen molar-refractivity contribution in [2.75, 3.05) is 31.4 Å². The summed E-state index contributed by atoms with van der Waals surface area (Å²) in [7, 11) is 5.10. The van der Waals surface area contributed by atoms with Crippen molar-refractivity contribution in [2.24, 2.45) is 0 Å². The number of hydrogen-bond acceptors (Lipinski definition) is 5. The molecule has 0 atom stereocenters. The number of methoxy groups -OCH3 is 1. The molecule has 1 aromatic heterocycles. The molecule has 0 bridgehead atoms. The van der Waals surface area contributed by atoms with Gasteiger partial charge in [0.05, 0.1) is 12.7 Å². The van der Waals surface area contributed by atoms with E-state index < -0.39 is 5.97 Å². The van der Waals surface area contributed by atoms with Gasteiger partial charge in [0, 0.05) is 38.1 Å². The highest BCUT2D eigenvalue weighted by atomic mass is 16.5. The van der Waals surface area contributed by atoms with Crippen LogP contribution in [0.3, 0.4) is 0 Å². The molecule has 0 radical (unpaired) electrons. The van der Waals surface area contributed by atoms with Gasteiger partial charge < -0.3 is 20.3 Å². The molecular formula is C17H20N4O3. The van der Waals surface area contributed by atoms with Gasteiger partial charge >= 0.3 is 12.0 Å². The first kappa shape index (κ1) is 17.3. The number of urea groups is 1. The lowest BCUT2D eigenvalue weighted by atomic mass is 10.2. The Morgan fingerprint density at radius 3 is 2.71 bits per heavy atom. The fourth-order valence-electron chi connectivity index (χ4n) is 2.16. The van der Waals surface area contributed by atoms with Crippen LogP contribution >= 0.6 is 0 Å². The Morgan fingerprint density at radius 2 is 2.00 bits per heavy atom. The van der Waals surface area contributed by atoms with Crippen LogP contribution in [0.1, 0.15) is 15.9 Å². The molecule has 0 aliphatic heterocycles. The van der Waals surface area contributed by atoms with Crippen molar-refractivity contribution in [1.82, 2.24) is 10.3 Å². The van der Waals surface area contributed by atoms with E-state index in [9.17, 15) is 9.59 Å². The molecule has 126 valence electrons. The van der Waals surface area contributed by atoms with Crippen LogP contribution < -0.4 is 15.5 Å². The molecular weight excluding hydrogens is 308 g/mol. The summed E-state index contributed by atoms with van der Waals surface area (Å²) in [6, 6.07) is 9.90. The van der Waals surface area contributed by atoms with E-state index in [0.717, 1.165) is 11.4 Å². The van der Waals surface area contributed by atoms with Gasteiger partial charge in [-0.25, -0.2) is 14.6 Å². The molecule has 1 heterocycles. The number of amides is 2. The number of nitrogens with one attached hydrogen (secondary N) is 2. The van der Waals surface area contributed by atoms with Crippen LogP contribution in [0.25, 0.3) is 0 Å². The summed E-state index contributed by atoms with van der Waals surface area (Å²) in [5.74, 6) is 0.343. The summed E-state index contributed by atoms with van der Waals surface area (Å²) in [6.07, 6.45) is 1.71. The number of anilines is 2. The number of rotatable bonds is 5. The molecule has 1 aromatic carbocycles. The minimum Gasteiger partial charge on any atom is -0.465 e. The van der Waals surface area contributed by atoms with Crippen molar-refractivity contribution in [3.63, 3.8) is 0 Å².